The summed E-state index contributed by atoms with van der Waals surface area (Å²) in [6, 6.07) is 9.66. The topological polar surface area (TPSA) is 79.2 Å². The Kier molecular flexibility index (Phi) is 4.90. The van der Waals surface area contributed by atoms with Crippen molar-refractivity contribution < 1.29 is 24.8 Å². The van der Waals surface area contributed by atoms with Crippen LogP contribution in [0.25, 0.3) is 0 Å². The fourth-order valence-electron chi connectivity index (χ4n) is 2.14. The molecule has 0 aliphatic carbocycles. The minimum Gasteiger partial charge on any atom is -0.388 e. The maximum absolute atomic E-state index is 9.81. The Labute approximate surface area is 112 Å². The van der Waals surface area contributed by atoms with Gasteiger partial charge in [-0.2, -0.15) is 0 Å². The second-order valence-corrected chi connectivity index (χ2v) is 4.85. The quantitative estimate of drug-likeness (QED) is 0.720. The molecule has 1 fully saturated rings. The predicted octanol–water partition coefficient (Wildman–Crippen LogP) is 0.0732. The van der Waals surface area contributed by atoms with E-state index in [2.05, 4.69) is 0 Å². The molecule has 0 bridgehead atoms. The van der Waals surface area contributed by atoms with Crippen molar-refractivity contribution in [2.24, 2.45) is 0 Å². The van der Waals surface area contributed by atoms with Crippen molar-refractivity contribution in [2.75, 3.05) is 6.61 Å². The number of rotatable bonds is 4. The van der Waals surface area contributed by atoms with Gasteiger partial charge in [0.25, 0.3) is 0 Å². The Morgan fingerprint density at radius 3 is 2.42 bits per heavy atom. The molecule has 2 rings (SSSR count). The first kappa shape index (κ1) is 14.4. The van der Waals surface area contributed by atoms with Crippen molar-refractivity contribution in [1.82, 2.24) is 0 Å². The molecule has 1 aromatic carbocycles. The normalized spacial score (nSPS) is 35.3. The van der Waals surface area contributed by atoms with Gasteiger partial charge in [0.2, 0.25) is 0 Å². The first-order chi connectivity index (χ1) is 9.09. The Bertz CT molecular complexity index is 383. The van der Waals surface area contributed by atoms with Crippen LogP contribution in [0.5, 0.6) is 0 Å². The van der Waals surface area contributed by atoms with Crippen molar-refractivity contribution in [3.63, 3.8) is 0 Å². The van der Waals surface area contributed by atoms with Crippen LogP contribution in [0, 0.1) is 0 Å². The zero-order chi connectivity index (χ0) is 13.8. The summed E-state index contributed by atoms with van der Waals surface area (Å²) in [5.74, 6) is 0. The third-order valence-corrected chi connectivity index (χ3v) is 3.34. The van der Waals surface area contributed by atoms with Gasteiger partial charge in [0.1, 0.15) is 24.4 Å². The summed E-state index contributed by atoms with van der Waals surface area (Å²) < 4.78 is 10.9. The molecule has 19 heavy (non-hydrogen) atoms. The van der Waals surface area contributed by atoms with Gasteiger partial charge in [-0.1, -0.05) is 30.3 Å². The van der Waals surface area contributed by atoms with Gasteiger partial charge in [0.05, 0.1) is 19.3 Å². The monoisotopic (exact) mass is 268 g/mol. The number of hydrogen-bond acceptors (Lipinski definition) is 5. The molecule has 1 aliphatic heterocycles. The number of hydrogen-bond donors (Lipinski definition) is 3. The van der Waals surface area contributed by atoms with E-state index in [-0.39, 0.29) is 6.61 Å². The van der Waals surface area contributed by atoms with Crippen molar-refractivity contribution in [3.8, 4) is 0 Å². The zero-order valence-corrected chi connectivity index (χ0v) is 10.8. The smallest absolute Gasteiger partial charge is 0.111 e. The second kappa shape index (κ2) is 6.45. The van der Waals surface area contributed by atoms with E-state index in [0.717, 1.165) is 5.56 Å². The highest BCUT2D eigenvalue weighted by atomic mass is 16.6. The maximum Gasteiger partial charge on any atom is 0.111 e. The molecule has 2 unspecified atom stereocenters. The minimum absolute atomic E-state index is 0.171. The highest BCUT2D eigenvalue weighted by Gasteiger charge is 2.41. The van der Waals surface area contributed by atoms with Crippen LogP contribution in [0.2, 0.25) is 0 Å². The van der Waals surface area contributed by atoms with Crippen LogP contribution >= 0.6 is 0 Å². The number of aliphatic hydroxyl groups is 3. The van der Waals surface area contributed by atoms with Crippen LogP contribution in [-0.4, -0.2) is 52.4 Å². The van der Waals surface area contributed by atoms with Crippen LogP contribution in [0.15, 0.2) is 30.3 Å². The van der Waals surface area contributed by atoms with Crippen molar-refractivity contribution in [3.05, 3.63) is 35.9 Å². The van der Waals surface area contributed by atoms with Crippen LogP contribution in [0.3, 0.4) is 0 Å². The summed E-state index contributed by atoms with van der Waals surface area (Å²) in [7, 11) is 0. The van der Waals surface area contributed by atoms with Gasteiger partial charge in [0, 0.05) is 0 Å². The van der Waals surface area contributed by atoms with Gasteiger partial charge in [-0.25, -0.2) is 0 Å². The van der Waals surface area contributed by atoms with Gasteiger partial charge in [0.15, 0.2) is 0 Å². The molecule has 0 saturated carbocycles. The average Bonchev–Trinajstić information content (AvgIpc) is 2.43. The van der Waals surface area contributed by atoms with E-state index in [1.807, 2.05) is 30.3 Å². The first-order valence-corrected chi connectivity index (χ1v) is 6.41. The average molecular weight is 268 g/mol. The molecule has 1 aromatic rings. The molecular formula is C14H20O5. The van der Waals surface area contributed by atoms with Crippen molar-refractivity contribution in [1.29, 1.82) is 0 Å². The molecule has 5 nitrogen and oxygen atoms in total. The third kappa shape index (κ3) is 3.52. The molecule has 0 amide bonds. The minimum atomic E-state index is -1.20. The Morgan fingerprint density at radius 2 is 1.74 bits per heavy atom. The molecule has 1 aliphatic rings. The Balaban J connectivity index is 1.82. The number of ether oxygens (including phenoxy) is 2. The van der Waals surface area contributed by atoms with Gasteiger partial charge < -0.3 is 24.8 Å². The van der Waals surface area contributed by atoms with Crippen molar-refractivity contribution >= 4 is 0 Å². The molecule has 3 N–H and O–H groups in total. The lowest BCUT2D eigenvalue weighted by atomic mass is 9.96. The zero-order valence-electron chi connectivity index (χ0n) is 10.8. The van der Waals surface area contributed by atoms with E-state index in [4.69, 9.17) is 9.47 Å². The Hall–Kier alpha value is -0.980. The van der Waals surface area contributed by atoms with Crippen molar-refractivity contribution in [2.45, 2.75) is 44.1 Å². The van der Waals surface area contributed by atoms with E-state index < -0.39 is 30.5 Å². The fraction of sp³-hybridized carbons (Fsp3) is 0.571. The highest BCUT2D eigenvalue weighted by molar-refractivity contribution is 5.13. The summed E-state index contributed by atoms with van der Waals surface area (Å²) in [5, 5.41) is 29.0. The second-order valence-electron chi connectivity index (χ2n) is 4.85. The summed E-state index contributed by atoms with van der Waals surface area (Å²) >= 11 is 0. The molecule has 106 valence electrons. The molecule has 0 spiro atoms. The lowest BCUT2D eigenvalue weighted by Gasteiger charge is -2.39. The summed E-state index contributed by atoms with van der Waals surface area (Å²) in [5.41, 5.74) is 1.03. The summed E-state index contributed by atoms with van der Waals surface area (Å²) in [6.45, 7) is 2.24. The highest BCUT2D eigenvalue weighted by Crippen LogP contribution is 2.21. The van der Waals surface area contributed by atoms with E-state index in [0.29, 0.717) is 6.61 Å². The van der Waals surface area contributed by atoms with Crippen LogP contribution in [-0.2, 0) is 16.1 Å². The van der Waals surface area contributed by atoms with Crippen LogP contribution in [0.1, 0.15) is 12.5 Å². The van der Waals surface area contributed by atoms with Gasteiger partial charge in [-0.3, -0.25) is 0 Å². The maximum atomic E-state index is 9.81. The van der Waals surface area contributed by atoms with Gasteiger partial charge in [-0.15, -0.1) is 0 Å². The molecule has 1 heterocycles. The van der Waals surface area contributed by atoms with Gasteiger partial charge in [-0.05, 0) is 12.5 Å². The molecule has 1 saturated heterocycles. The molecule has 5 atom stereocenters. The molecule has 0 aromatic heterocycles. The largest absolute Gasteiger partial charge is 0.388 e. The lowest BCUT2D eigenvalue weighted by molar-refractivity contribution is -0.228. The first-order valence-electron chi connectivity index (χ1n) is 6.41. The standard InChI is InChI=1S/C14H20O5/c1-9-12(15)14(17)13(16)11(19-9)8-18-7-10-5-3-2-4-6-10/h2-6,9,11-17H,7-8H2,1H3/t9-,11?,12?,13-,14+/m0/s1. The summed E-state index contributed by atoms with van der Waals surface area (Å²) in [4.78, 5) is 0. The molecule has 5 heteroatoms. The van der Waals surface area contributed by atoms with Crippen LogP contribution in [0.4, 0.5) is 0 Å². The van der Waals surface area contributed by atoms with E-state index in [9.17, 15) is 15.3 Å². The number of benzene rings is 1. The van der Waals surface area contributed by atoms with Gasteiger partial charge >= 0.3 is 0 Å². The summed E-state index contributed by atoms with van der Waals surface area (Å²) in [6.07, 6.45) is -4.56. The van der Waals surface area contributed by atoms with E-state index in [1.165, 1.54) is 0 Å². The lowest BCUT2D eigenvalue weighted by Crippen LogP contribution is -2.57. The predicted molar refractivity (Wildman–Crippen MR) is 68.5 cm³/mol. The Morgan fingerprint density at radius 1 is 1.05 bits per heavy atom. The fourth-order valence-corrected chi connectivity index (χ4v) is 2.14. The number of aliphatic hydroxyl groups excluding tert-OH is 3. The molecule has 0 radical (unpaired) electrons. The SMILES string of the molecule is C[C@@H]1OC(COCc2ccccc2)[C@H](O)[C@H](O)C1O. The van der Waals surface area contributed by atoms with E-state index in [1.54, 1.807) is 6.92 Å². The third-order valence-electron chi connectivity index (χ3n) is 3.34. The molecular weight excluding hydrogens is 248 g/mol. The van der Waals surface area contributed by atoms with Crippen LogP contribution < -0.4 is 0 Å². The van der Waals surface area contributed by atoms with E-state index >= 15 is 0 Å².